The third-order valence-electron chi connectivity index (χ3n) is 3.75. The molecule has 0 atom stereocenters. The fourth-order valence-corrected chi connectivity index (χ4v) is 3.83. The van der Waals surface area contributed by atoms with Crippen molar-refractivity contribution in [3.63, 3.8) is 0 Å². The number of hydrogen-bond acceptors (Lipinski definition) is 5. The van der Waals surface area contributed by atoms with Crippen LogP contribution in [0.1, 0.15) is 30.2 Å². The van der Waals surface area contributed by atoms with Gasteiger partial charge in [-0.05, 0) is 50.2 Å². The molecule has 3 aromatic rings. The van der Waals surface area contributed by atoms with E-state index in [-0.39, 0.29) is 28.2 Å². The summed E-state index contributed by atoms with van der Waals surface area (Å²) in [5.41, 5.74) is 0.507. The molecule has 3 rings (SSSR count). The maximum Gasteiger partial charge on any atom is 0.299 e. The van der Waals surface area contributed by atoms with Crippen molar-refractivity contribution in [3.8, 4) is 0 Å². The Bertz CT molecular complexity index is 1110. The van der Waals surface area contributed by atoms with Crippen LogP contribution in [-0.2, 0) is 15.6 Å². The summed E-state index contributed by atoms with van der Waals surface area (Å²) in [7, 11) is -3.54. The topological polar surface area (TPSA) is 81.6 Å². The van der Waals surface area contributed by atoms with E-state index in [1.807, 2.05) is 13.8 Å². The molecule has 6 nitrogen and oxygen atoms in total. The molecule has 0 saturated carbocycles. The summed E-state index contributed by atoms with van der Waals surface area (Å²) in [4.78, 5) is 17.4. The average Bonchev–Trinajstić information content (AvgIpc) is 3.09. The van der Waals surface area contributed by atoms with Crippen LogP contribution in [0.15, 0.2) is 81.2 Å². The van der Waals surface area contributed by atoms with E-state index < -0.39 is 15.7 Å². The second-order valence-corrected chi connectivity index (χ2v) is 8.28. The van der Waals surface area contributed by atoms with Gasteiger partial charge >= 0.3 is 0 Å². The highest BCUT2D eigenvalue weighted by Gasteiger charge is 2.20. The van der Waals surface area contributed by atoms with Gasteiger partial charge in [-0.2, -0.15) is 0 Å². The number of rotatable bonds is 5. The predicted molar refractivity (Wildman–Crippen MR) is 101 cm³/mol. The number of hydrogen-bond donors (Lipinski definition) is 0. The molecule has 0 fully saturated rings. The molecule has 0 aliphatic carbocycles. The number of carbonyl (C=O) groups excluding carboxylic acids is 1. The van der Waals surface area contributed by atoms with Gasteiger partial charge in [0.2, 0.25) is 0 Å². The number of pyridine rings is 1. The van der Waals surface area contributed by atoms with Crippen molar-refractivity contribution in [2.24, 2.45) is 4.99 Å². The molecule has 140 valence electrons. The Labute approximate surface area is 157 Å². The van der Waals surface area contributed by atoms with Crippen LogP contribution in [0.3, 0.4) is 0 Å². The highest BCUT2D eigenvalue weighted by atomic mass is 32.2. The minimum Gasteiger partial charge on any atom is -0.455 e. The molecule has 0 radical (unpaired) electrons. The zero-order valence-corrected chi connectivity index (χ0v) is 15.9. The predicted octanol–water partition coefficient (Wildman–Crippen LogP) is 3.05. The number of nitrogens with zero attached hydrogens (tertiary/aromatic N) is 2. The highest BCUT2D eigenvalue weighted by molar-refractivity contribution is 7.90. The van der Waals surface area contributed by atoms with Crippen LogP contribution in [0, 0.1) is 0 Å². The summed E-state index contributed by atoms with van der Waals surface area (Å²) < 4.78 is 31.8. The Morgan fingerprint density at radius 2 is 1.74 bits per heavy atom. The summed E-state index contributed by atoms with van der Waals surface area (Å²) in [5, 5.41) is 0. The molecule has 0 bridgehead atoms. The van der Waals surface area contributed by atoms with Crippen molar-refractivity contribution in [1.29, 1.82) is 0 Å². The van der Waals surface area contributed by atoms with Gasteiger partial charge in [0, 0.05) is 12.2 Å². The van der Waals surface area contributed by atoms with Gasteiger partial charge < -0.3 is 4.42 Å². The van der Waals surface area contributed by atoms with E-state index in [0.29, 0.717) is 5.49 Å². The zero-order chi connectivity index (χ0) is 19.4. The molecule has 2 aromatic heterocycles. The molecule has 7 heteroatoms. The summed E-state index contributed by atoms with van der Waals surface area (Å²) in [6.07, 6.45) is 1.60. The number of furan rings is 1. The smallest absolute Gasteiger partial charge is 0.299 e. The maximum atomic E-state index is 12.8. The van der Waals surface area contributed by atoms with Crippen LogP contribution < -0.4 is 5.49 Å². The van der Waals surface area contributed by atoms with Crippen LogP contribution >= 0.6 is 0 Å². The van der Waals surface area contributed by atoms with Crippen molar-refractivity contribution in [2.75, 3.05) is 0 Å². The average molecular weight is 384 g/mol. The SMILES string of the molecule is CC(C)N=c1ccccn1C(=O)c1ccc(CS(=O)(=O)c2ccccc2)o1. The molecule has 27 heavy (non-hydrogen) atoms. The fourth-order valence-electron chi connectivity index (χ4n) is 2.56. The Kier molecular flexibility index (Phi) is 5.41. The first-order chi connectivity index (χ1) is 12.9. The standard InChI is InChI=1S/C20H20N2O4S/c1-15(2)21-19-10-6-7-13-22(19)20(23)18-12-11-16(26-18)14-27(24,25)17-8-4-3-5-9-17/h3-13,15H,14H2,1-2H3. The first kappa shape index (κ1) is 18.8. The van der Waals surface area contributed by atoms with Crippen LogP contribution in [0.4, 0.5) is 0 Å². The van der Waals surface area contributed by atoms with E-state index >= 15 is 0 Å². The van der Waals surface area contributed by atoms with Crippen molar-refractivity contribution in [3.05, 3.63) is 83.9 Å². The second kappa shape index (κ2) is 7.75. The summed E-state index contributed by atoms with van der Waals surface area (Å²) in [6, 6.07) is 16.4. The monoisotopic (exact) mass is 384 g/mol. The van der Waals surface area contributed by atoms with E-state index in [2.05, 4.69) is 4.99 Å². The molecule has 0 N–H and O–H groups in total. The Hall–Kier alpha value is -2.93. The second-order valence-electron chi connectivity index (χ2n) is 6.29. The lowest BCUT2D eigenvalue weighted by Gasteiger charge is -2.05. The van der Waals surface area contributed by atoms with Gasteiger partial charge in [-0.1, -0.05) is 24.3 Å². The quantitative estimate of drug-likeness (QED) is 0.677. The maximum absolute atomic E-state index is 12.8. The number of aromatic nitrogens is 1. The number of sulfone groups is 1. The largest absolute Gasteiger partial charge is 0.455 e. The molecule has 0 amide bonds. The lowest BCUT2D eigenvalue weighted by molar-refractivity contribution is 0.0925. The molecule has 0 aliphatic heterocycles. The van der Waals surface area contributed by atoms with Crippen molar-refractivity contribution >= 4 is 15.7 Å². The van der Waals surface area contributed by atoms with Crippen LogP contribution in [0.5, 0.6) is 0 Å². The number of benzene rings is 1. The lowest BCUT2D eigenvalue weighted by atomic mass is 10.3. The molecular weight excluding hydrogens is 364 g/mol. The Morgan fingerprint density at radius 1 is 1.04 bits per heavy atom. The minimum absolute atomic E-state index is 0.0228. The minimum atomic E-state index is -3.54. The summed E-state index contributed by atoms with van der Waals surface area (Å²) in [6.45, 7) is 3.84. The molecule has 0 unspecified atom stereocenters. The van der Waals surface area contributed by atoms with Crippen LogP contribution in [0.2, 0.25) is 0 Å². The summed E-state index contributed by atoms with van der Waals surface area (Å²) >= 11 is 0. The van der Waals surface area contributed by atoms with E-state index in [1.54, 1.807) is 42.6 Å². The Morgan fingerprint density at radius 3 is 2.44 bits per heavy atom. The van der Waals surface area contributed by atoms with Crippen molar-refractivity contribution in [2.45, 2.75) is 30.5 Å². The van der Waals surface area contributed by atoms with Gasteiger partial charge in [0.1, 0.15) is 17.0 Å². The number of carbonyl (C=O) groups is 1. The van der Waals surface area contributed by atoms with E-state index in [1.165, 1.54) is 28.8 Å². The van der Waals surface area contributed by atoms with Gasteiger partial charge in [0.15, 0.2) is 15.6 Å². The fraction of sp³-hybridized carbons (Fsp3) is 0.200. The van der Waals surface area contributed by atoms with Gasteiger partial charge in [-0.15, -0.1) is 0 Å². The van der Waals surface area contributed by atoms with E-state index in [9.17, 15) is 13.2 Å². The highest BCUT2D eigenvalue weighted by Crippen LogP contribution is 2.18. The normalized spacial score (nSPS) is 12.5. The molecule has 0 aliphatic rings. The van der Waals surface area contributed by atoms with Gasteiger partial charge in [-0.25, -0.2) is 8.42 Å². The third-order valence-corrected chi connectivity index (χ3v) is 5.41. The molecule has 0 spiro atoms. The van der Waals surface area contributed by atoms with Crippen molar-refractivity contribution in [1.82, 2.24) is 4.57 Å². The molecule has 1 aromatic carbocycles. The third kappa shape index (κ3) is 4.43. The van der Waals surface area contributed by atoms with Crippen LogP contribution in [0.25, 0.3) is 0 Å². The lowest BCUT2D eigenvalue weighted by Crippen LogP contribution is -2.27. The molecular formula is C20H20N2O4S. The summed E-state index contributed by atoms with van der Waals surface area (Å²) in [5.74, 6) is -0.448. The van der Waals surface area contributed by atoms with Crippen LogP contribution in [-0.4, -0.2) is 24.9 Å². The van der Waals surface area contributed by atoms with Gasteiger partial charge in [-0.3, -0.25) is 14.4 Å². The van der Waals surface area contributed by atoms with Crippen molar-refractivity contribution < 1.29 is 17.6 Å². The molecule has 0 saturated heterocycles. The first-order valence-electron chi connectivity index (χ1n) is 8.49. The van der Waals surface area contributed by atoms with Gasteiger partial charge in [0.05, 0.1) is 4.90 Å². The van der Waals surface area contributed by atoms with Gasteiger partial charge in [0.25, 0.3) is 5.91 Å². The van der Waals surface area contributed by atoms with E-state index in [4.69, 9.17) is 4.42 Å². The van der Waals surface area contributed by atoms with E-state index in [0.717, 1.165) is 0 Å². The molecule has 2 heterocycles. The first-order valence-corrected chi connectivity index (χ1v) is 10.1. The Balaban J connectivity index is 1.88. The zero-order valence-electron chi connectivity index (χ0n) is 15.1.